The number of alkyl carbamates (subject to hydrolysis) is 1. The lowest BCUT2D eigenvalue weighted by molar-refractivity contribution is -0.147. The molecular formula is C39H45NO7S. The fraction of sp³-hybridized carbons (Fsp3) is 0.333. The average Bonchev–Trinajstić information content (AvgIpc) is 3.04. The third-order valence-electron chi connectivity index (χ3n) is 7.66. The molecule has 48 heavy (non-hydrogen) atoms. The molecule has 4 rings (SSSR count). The molecule has 0 aromatic heterocycles. The minimum Gasteiger partial charge on any atom is -0.461 e. The van der Waals surface area contributed by atoms with Crippen LogP contribution in [0.25, 0.3) is 0 Å². The Morgan fingerprint density at radius 2 is 1.25 bits per heavy atom. The van der Waals surface area contributed by atoms with Gasteiger partial charge in [-0.2, -0.15) is 8.42 Å². The van der Waals surface area contributed by atoms with Crippen molar-refractivity contribution in [1.29, 1.82) is 0 Å². The summed E-state index contributed by atoms with van der Waals surface area (Å²) in [5.74, 6) is -1.12. The summed E-state index contributed by atoms with van der Waals surface area (Å²) in [4.78, 5) is 26.5. The zero-order chi connectivity index (χ0) is 34.6. The minimum absolute atomic E-state index is 0.00271. The second-order valence-corrected chi connectivity index (χ2v) is 14.5. The first-order valence-corrected chi connectivity index (χ1v) is 17.5. The van der Waals surface area contributed by atoms with Gasteiger partial charge in [0.15, 0.2) is 0 Å². The molecule has 0 fully saturated rings. The van der Waals surface area contributed by atoms with E-state index < -0.39 is 45.8 Å². The number of amides is 1. The number of rotatable bonds is 15. The highest BCUT2D eigenvalue weighted by Gasteiger charge is 2.34. The molecule has 0 bridgehead atoms. The van der Waals surface area contributed by atoms with Gasteiger partial charge >= 0.3 is 12.1 Å². The SMILES string of the molecule is Cc1ccc(S(=O)(=O)O[C@@H](C[C@H](Cc2ccccc2)NC(=O)OC(C)(C)C)[C@@H](CC(=O)OCc2ccccc2)Cc2ccccc2)cc1. The molecule has 4 aromatic carbocycles. The number of carbonyl (C=O) groups is 2. The van der Waals surface area contributed by atoms with Crippen molar-refractivity contribution in [2.45, 2.75) is 82.6 Å². The number of benzene rings is 4. The summed E-state index contributed by atoms with van der Waals surface area (Å²) in [6.45, 7) is 7.27. The molecular weight excluding hydrogens is 626 g/mol. The molecule has 254 valence electrons. The van der Waals surface area contributed by atoms with Crippen molar-refractivity contribution in [3.8, 4) is 0 Å². The fourth-order valence-electron chi connectivity index (χ4n) is 5.34. The zero-order valence-electron chi connectivity index (χ0n) is 28.0. The van der Waals surface area contributed by atoms with Gasteiger partial charge in [0.05, 0.1) is 17.4 Å². The van der Waals surface area contributed by atoms with Crippen molar-refractivity contribution in [2.24, 2.45) is 5.92 Å². The summed E-state index contributed by atoms with van der Waals surface area (Å²) in [6, 6.07) is 34.3. The molecule has 4 aromatic rings. The van der Waals surface area contributed by atoms with Gasteiger partial charge in [-0.1, -0.05) is 109 Å². The second kappa shape index (κ2) is 17.1. The number of nitrogens with one attached hydrogen (secondary N) is 1. The minimum atomic E-state index is -4.28. The Kier molecular flexibility index (Phi) is 12.9. The van der Waals surface area contributed by atoms with E-state index in [1.54, 1.807) is 32.9 Å². The number of hydrogen-bond donors (Lipinski definition) is 1. The number of ether oxygens (including phenoxy) is 2. The van der Waals surface area contributed by atoms with Gasteiger partial charge in [-0.15, -0.1) is 0 Å². The van der Waals surface area contributed by atoms with Gasteiger partial charge in [-0.25, -0.2) is 4.79 Å². The van der Waals surface area contributed by atoms with Crippen LogP contribution >= 0.6 is 0 Å². The third kappa shape index (κ3) is 12.3. The lowest BCUT2D eigenvalue weighted by Crippen LogP contribution is -2.44. The van der Waals surface area contributed by atoms with E-state index in [0.29, 0.717) is 12.8 Å². The molecule has 8 nitrogen and oxygen atoms in total. The predicted molar refractivity (Wildman–Crippen MR) is 186 cm³/mol. The largest absolute Gasteiger partial charge is 0.461 e. The molecule has 0 spiro atoms. The molecule has 0 aliphatic carbocycles. The van der Waals surface area contributed by atoms with Crippen LogP contribution in [0.4, 0.5) is 4.79 Å². The number of esters is 1. The predicted octanol–water partition coefficient (Wildman–Crippen LogP) is 7.59. The molecule has 9 heteroatoms. The van der Waals surface area contributed by atoms with Gasteiger partial charge in [0.1, 0.15) is 12.2 Å². The standard InChI is InChI=1S/C39H45NO7S/c1-29-20-22-35(23-21-29)48(43,44)47-36(27-34(25-31-16-10-6-11-17-31)40-38(42)46-39(2,3)4)33(24-30-14-8-5-9-15-30)26-37(41)45-28-32-18-12-7-13-19-32/h5-23,33-34,36H,24-28H2,1-4H3,(H,40,42)/t33-,34+,36+/m1/s1. The van der Waals surface area contributed by atoms with Crippen LogP contribution in [0, 0.1) is 12.8 Å². The maximum absolute atomic E-state index is 13.8. The average molecular weight is 672 g/mol. The Labute approximate surface area is 284 Å². The molecule has 1 amide bonds. The third-order valence-corrected chi connectivity index (χ3v) is 9.01. The van der Waals surface area contributed by atoms with E-state index in [1.807, 2.05) is 97.9 Å². The van der Waals surface area contributed by atoms with Crippen LogP contribution in [0.1, 0.15) is 55.9 Å². The van der Waals surface area contributed by atoms with E-state index in [9.17, 15) is 18.0 Å². The highest BCUT2D eigenvalue weighted by molar-refractivity contribution is 7.86. The lowest BCUT2D eigenvalue weighted by Gasteiger charge is -2.31. The smallest absolute Gasteiger partial charge is 0.407 e. The first kappa shape index (κ1) is 36.4. The maximum Gasteiger partial charge on any atom is 0.407 e. The van der Waals surface area contributed by atoms with Crippen LogP contribution in [-0.4, -0.2) is 38.2 Å². The highest BCUT2D eigenvalue weighted by Crippen LogP contribution is 2.28. The molecule has 3 atom stereocenters. The van der Waals surface area contributed by atoms with Crippen LogP contribution in [0.3, 0.4) is 0 Å². The van der Waals surface area contributed by atoms with E-state index in [-0.39, 0.29) is 24.3 Å². The Morgan fingerprint density at radius 3 is 1.79 bits per heavy atom. The highest BCUT2D eigenvalue weighted by atomic mass is 32.2. The summed E-state index contributed by atoms with van der Waals surface area (Å²) in [5.41, 5.74) is 2.83. The Morgan fingerprint density at radius 1 is 0.729 bits per heavy atom. The number of hydrogen-bond acceptors (Lipinski definition) is 7. The Bertz CT molecular complexity index is 1690. The molecule has 0 unspecified atom stereocenters. The van der Waals surface area contributed by atoms with Crippen LogP contribution in [0.15, 0.2) is 120 Å². The van der Waals surface area contributed by atoms with E-state index >= 15 is 0 Å². The molecule has 0 saturated heterocycles. The van der Waals surface area contributed by atoms with Crippen LogP contribution in [-0.2, 0) is 48.0 Å². The van der Waals surface area contributed by atoms with Crippen LogP contribution in [0.2, 0.25) is 0 Å². The van der Waals surface area contributed by atoms with Gasteiger partial charge in [-0.05, 0) is 75.8 Å². The summed E-state index contributed by atoms with van der Waals surface area (Å²) >= 11 is 0. The van der Waals surface area contributed by atoms with E-state index in [1.165, 1.54) is 12.1 Å². The number of aryl methyl sites for hydroxylation is 1. The van der Waals surface area contributed by atoms with Crippen molar-refractivity contribution < 1.29 is 31.7 Å². The first-order chi connectivity index (χ1) is 22.9. The summed E-state index contributed by atoms with van der Waals surface area (Å²) in [7, 11) is -4.28. The van der Waals surface area contributed by atoms with Crippen molar-refractivity contribution in [3.05, 3.63) is 138 Å². The van der Waals surface area contributed by atoms with E-state index in [4.69, 9.17) is 13.7 Å². The normalized spacial score (nSPS) is 13.6. The molecule has 1 N–H and O–H groups in total. The molecule has 0 saturated carbocycles. The van der Waals surface area contributed by atoms with Gasteiger partial charge in [0.25, 0.3) is 10.1 Å². The van der Waals surface area contributed by atoms with Gasteiger partial charge in [0, 0.05) is 12.0 Å². The first-order valence-electron chi connectivity index (χ1n) is 16.1. The van der Waals surface area contributed by atoms with Crippen LogP contribution in [0.5, 0.6) is 0 Å². The Hall–Kier alpha value is -4.47. The van der Waals surface area contributed by atoms with E-state index in [2.05, 4.69) is 5.32 Å². The van der Waals surface area contributed by atoms with Gasteiger partial charge < -0.3 is 14.8 Å². The number of carbonyl (C=O) groups excluding carboxylic acids is 2. The Balaban J connectivity index is 1.70. The monoisotopic (exact) mass is 671 g/mol. The second-order valence-electron chi connectivity index (χ2n) is 13.0. The van der Waals surface area contributed by atoms with Gasteiger partial charge in [-0.3, -0.25) is 8.98 Å². The molecule has 0 aliphatic rings. The van der Waals surface area contributed by atoms with E-state index in [0.717, 1.165) is 22.3 Å². The summed E-state index contributed by atoms with van der Waals surface area (Å²) < 4.78 is 44.9. The van der Waals surface area contributed by atoms with Crippen LogP contribution < -0.4 is 5.32 Å². The topological polar surface area (TPSA) is 108 Å². The molecule has 0 heterocycles. The van der Waals surface area contributed by atoms with Crippen molar-refractivity contribution in [1.82, 2.24) is 5.32 Å². The van der Waals surface area contributed by atoms with Crippen molar-refractivity contribution >= 4 is 22.2 Å². The van der Waals surface area contributed by atoms with Crippen molar-refractivity contribution in [2.75, 3.05) is 0 Å². The maximum atomic E-state index is 13.8. The summed E-state index contributed by atoms with van der Waals surface area (Å²) in [6.07, 6.45) is -0.987. The molecule has 0 radical (unpaired) electrons. The van der Waals surface area contributed by atoms with Gasteiger partial charge in [0.2, 0.25) is 0 Å². The quantitative estimate of drug-likeness (QED) is 0.103. The summed E-state index contributed by atoms with van der Waals surface area (Å²) in [5, 5.41) is 2.95. The lowest BCUT2D eigenvalue weighted by atomic mass is 9.86. The van der Waals surface area contributed by atoms with Crippen molar-refractivity contribution in [3.63, 3.8) is 0 Å². The molecule has 0 aliphatic heterocycles. The zero-order valence-corrected chi connectivity index (χ0v) is 28.8. The fourth-order valence-corrected chi connectivity index (χ4v) is 6.48.